The number of halogens is 1. The fourth-order valence-corrected chi connectivity index (χ4v) is 2.11. The number of carbonyl (C=O) groups excluding carboxylic acids is 1. The van der Waals surface area contributed by atoms with Crippen LogP contribution in [0.4, 0.5) is 4.79 Å². The van der Waals surface area contributed by atoms with Crippen molar-refractivity contribution in [1.82, 2.24) is 10.2 Å². The fraction of sp³-hybridized carbons (Fsp3) is 0.800. The Balaban J connectivity index is 2.20. The molecule has 1 fully saturated rings. The molecule has 11 heavy (non-hydrogen) atoms. The Hall–Kier alpha value is 0.177. The van der Waals surface area contributed by atoms with Gasteiger partial charge in [0.05, 0.1) is 3.73 Å². The summed E-state index contributed by atoms with van der Waals surface area (Å²) in [5.41, 5.74) is 0. The molecule has 0 aliphatic carbocycles. The number of aliphatic hydroxyl groups is 1. The maximum absolute atomic E-state index is 10.9. The van der Waals surface area contributed by atoms with Crippen LogP contribution in [0, 0.1) is 0 Å². The molecule has 6 heteroatoms. The van der Waals surface area contributed by atoms with E-state index >= 15 is 0 Å². The van der Waals surface area contributed by atoms with Gasteiger partial charge in [0.15, 0.2) is 0 Å². The first kappa shape index (κ1) is 9.27. The second-order valence-corrected chi connectivity index (χ2v) is 5.82. The second-order valence-electron chi connectivity index (χ2n) is 2.19. The second kappa shape index (κ2) is 4.26. The fourth-order valence-electron chi connectivity index (χ4n) is 0.848. The Morgan fingerprint density at radius 1 is 1.91 bits per heavy atom. The zero-order valence-corrected chi connectivity index (χ0v) is 9.04. The highest BCUT2D eigenvalue weighted by molar-refractivity contribution is 14.1. The van der Waals surface area contributed by atoms with Gasteiger partial charge in [-0.15, -0.1) is 0 Å². The number of urea groups is 1. The van der Waals surface area contributed by atoms with E-state index in [9.17, 15) is 4.79 Å². The molecule has 2 radical (unpaired) electrons. The molecule has 0 aromatic carbocycles. The third kappa shape index (κ3) is 2.95. The number of hydrogen-bond acceptors (Lipinski definition) is 2. The van der Waals surface area contributed by atoms with Crippen molar-refractivity contribution in [2.75, 3.05) is 19.3 Å². The first-order chi connectivity index (χ1) is 5.20. The Morgan fingerprint density at radius 2 is 2.64 bits per heavy atom. The SMILES string of the molecule is O=C1NCCN1C[Si]C(O)I. The predicted molar refractivity (Wildman–Crippen MR) is 50.8 cm³/mol. The minimum Gasteiger partial charge on any atom is -0.387 e. The topological polar surface area (TPSA) is 52.6 Å². The van der Waals surface area contributed by atoms with E-state index in [0.29, 0.717) is 15.7 Å². The van der Waals surface area contributed by atoms with E-state index in [1.807, 2.05) is 22.6 Å². The summed E-state index contributed by atoms with van der Waals surface area (Å²) in [6.07, 6.45) is 0.677. The van der Waals surface area contributed by atoms with Gasteiger partial charge in [0.25, 0.3) is 0 Å². The summed E-state index contributed by atoms with van der Waals surface area (Å²) >= 11 is 1.95. The van der Waals surface area contributed by atoms with E-state index in [0.717, 1.165) is 13.1 Å². The number of nitrogens with one attached hydrogen (secondary N) is 1. The van der Waals surface area contributed by atoms with Gasteiger partial charge in [0.1, 0.15) is 9.52 Å². The zero-order valence-electron chi connectivity index (χ0n) is 5.88. The van der Waals surface area contributed by atoms with E-state index in [2.05, 4.69) is 5.32 Å². The molecular weight excluding hydrogens is 275 g/mol. The lowest BCUT2D eigenvalue weighted by atomic mass is 10.7. The van der Waals surface area contributed by atoms with Gasteiger partial charge in [-0.25, -0.2) is 4.79 Å². The third-order valence-electron chi connectivity index (χ3n) is 1.40. The Morgan fingerprint density at radius 3 is 3.09 bits per heavy atom. The summed E-state index contributed by atoms with van der Waals surface area (Å²) in [6.45, 7) is 1.51. The van der Waals surface area contributed by atoms with E-state index in [1.165, 1.54) is 0 Å². The summed E-state index contributed by atoms with van der Waals surface area (Å²) in [5, 5.41) is 11.6. The van der Waals surface area contributed by atoms with Crippen molar-refractivity contribution in [3.8, 4) is 0 Å². The maximum atomic E-state index is 10.9. The van der Waals surface area contributed by atoms with Gasteiger partial charge in [-0.1, -0.05) is 22.6 Å². The van der Waals surface area contributed by atoms with Crippen molar-refractivity contribution < 1.29 is 9.90 Å². The molecule has 1 unspecified atom stereocenters. The Bertz CT molecular complexity index is 155. The van der Waals surface area contributed by atoms with Crippen LogP contribution in [0.2, 0.25) is 0 Å². The van der Waals surface area contributed by atoms with Crippen LogP contribution in [0.5, 0.6) is 0 Å². The van der Waals surface area contributed by atoms with Crippen LogP contribution < -0.4 is 5.32 Å². The quantitative estimate of drug-likeness (QED) is 0.412. The van der Waals surface area contributed by atoms with E-state index in [1.54, 1.807) is 4.90 Å². The first-order valence-corrected chi connectivity index (χ1v) is 5.81. The number of hydrogen-bond donors (Lipinski definition) is 2. The number of aliphatic hydroxyl groups excluding tert-OH is 1. The number of alkyl halides is 1. The van der Waals surface area contributed by atoms with Crippen LogP contribution in [-0.2, 0) is 0 Å². The van der Waals surface area contributed by atoms with Gasteiger partial charge in [-0.3, -0.25) is 0 Å². The molecule has 0 aromatic rings. The molecule has 1 aliphatic rings. The molecule has 1 heterocycles. The highest BCUT2D eigenvalue weighted by Gasteiger charge is 2.19. The Kier molecular flexibility index (Phi) is 3.59. The molecule has 0 spiro atoms. The average Bonchev–Trinajstić information content (AvgIpc) is 2.31. The molecule has 62 valence electrons. The van der Waals surface area contributed by atoms with E-state index in [-0.39, 0.29) is 9.77 Å². The molecule has 0 bridgehead atoms. The lowest BCUT2D eigenvalue weighted by molar-refractivity contribution is 0.223. The molecule has 1 atom stereocenters. The molecule has 0 saturated carbocycles. The van der Waals surface area contributed by atoms with Crippen LogP contribution in [-0.4, -0.2) is 48.5 Å². The number of nitrogens with zero attached hydrogens (tertiary/aromatic N) is 1. The normalized spacial score (nSPS) is 20.2. The monoisotopic (exact) mass is 284 g/mol. The van der Waals surface area contributed by atoms with Crippen molar-refractivity contribution in [3.63, 3.8) is 0 Å². The van der Waals surface area contributed by atoms with Gasteiger partial charge >= 0.3 is 6.03 Å². The van der Waals surface area contributed by atoms with Crippen molar-refractivity contribution in [2.45, 2.75) is 3.73 Å². The summed E-state index contributed by atoms with van der Waals surface area (Å²) < 4.78 is -0.319. The zero-order chi connectivity index (χ0) is 8.27. The molecule has 4 nitrogen and oxygen atoms in total. The van der Waals surface area contributed by atoms with Gasteiger partial charge in [-0.2, -0.15) is 0 Å². The largest absolute Gasteiger partial charge is 0.387 e. The van der Waals surface area contributed by atoms with Gasteiger partial charge < -0.3 is 15.3 Å². The van der Waals surface area contributed by atoms with Crippen LogP contribution in [0.25, 0.3) is 0 Å². The van der Waals surface area contributed by atoms with Crippen molar-refractivity contribution in [1.29, 1.82) is 0 Å². The molecule has 1 aliphatic heterocycles. The number of amides is 2. The van der Waals surface area contributed by atoms with Crippen LogP contribution >= 0.6 is 22.6 Å². The van der Waals surface area contributed by atoms with Crippen LogP contribution in [0.3, 0.4) is 0 Å². The van der Waals surface area contributed by atoms with Crippen LogP contribution in [0.1, 0.15) is 0 Å². The van der Waals surface area contributed by atoms with Gasteiger partial charge in [0.2, 0.25) is 0 Å². The molecule has 0 aromatic heterocycles. The molecule has 2 N–H and O–H groups in total. The van der Waals surface area contributed by atoms with E-state index in [4.69, 9.17) is 5.11 Å². The summed E-state index contributed by atoms with van der Waals surface area (Å²) in [7, 11) is 0.416. The smallest absolute Gasteiger partial charge is 0.317 e. The van der Waals surface area contributed by atoms with Gasteiger partial charge in [0, 0.05) is 19.3 Å². The molecule has 1 saturated heterocycles. The van der Waals surface area contributed by atoms with Crippen molar-refractivity contribution in [3.05, 3.63) is 0 Å². The molecular formula is C5H9IN2O2Si. The minimum absolute atomic E-state index is 0.00505. The van der Waals surface area contributed by atoms with E-state index < -0.39 is 0 Å². The highest BCUT2D eigenvalue weighted by Crippen LogP contribution is 1.98. The molecule has 2 amide bonds. The summed E-state index contributed by atoms with van der Waals surface area (Å²) in [5.74, 6) is 0. The highest BCUT2D eigenvalue weighted by atomic mass is 127. The number of carbonyl (C=O) groups is 1. The minimum atomic E-state index is -0.319. The van der Waals surface area contributed by atoms with Crippen molar-refractivity contribution >= 4 is 38.1 Å². The third-order valence-corrected chi connectivity index (χ3v) is 3.62. The lowest BCUT2D eigenvalue weighted by Crippen LogP contribution is -2.34. The van der Waals surface area contributed by atoms with Gasteiger partial charge in [-0.05, 0) is 0 Å². The van der Waals surface area contributed by atoms with Crippen LogP contribution in [0.15, 0.2) is 0 Å². The standard InChI is InChI=1S/C5H9IN2O2Si/c6-4(9)11-3-8-2-1-7-5(8)10/h4,9H,1-3H2,(H,7,10). The summed E-state index contributed by atoms with van der Waals surface area (Å²) in [4.78, 5) is 12.6. The predicted octanol–water partition coefficient (Wildman–Crippen LogP) is -0.616. The maximum Gasteiger partial charge on any atom is 0.317 e. The first-order valence-electron chi connectivity index (χ1n) is 3.28. The molecule has 1 rings (SSSR count). The summed E-state index contributed by atoms with van der Waals surface area (Å²) in [6, 6.07) is -0.00505. The van der Waals surface area contributed by atoms with Crippen molar-refractivity contribution in [2.24, 2.45) is 0 Å². The lowest BCUT2D eigenvalue weighted by Gasteiger charge is -2.13. The number of rotatable bonds is 3. The average molecular weight is 284 g/mol. The Labute approximate surface area is 81.3 Å².